The molecule has 0 aliphatic carbocycles. The standard InChI is InChI=1S/C23H21N5O4S/c29-22-18(8-9-19(26-22)16-5-2-1-3-6-16)23(30)27-11-13-28(14-12-27)33(31,32)20-15-25-21-17(20)7-4-10-24-21/h1-10,15H,11-14H2,(H,24,25)(H,26,29). The van der Waals surface area contributed by atoms with E-state index >= 15 is 0 Å². The van der Waals surface area contributed by atoms with Crippen molar-refractivity contribution in [3.8, 4) is 11.3 Å². The zero-order valence-electron chi connectivity index (χ0n) is 17.6. The van der Waals surface area contributed by atoms with Crippen molar-refractivity contribution in [3.05, 3.63) is 82.9 Å². The molecular formula is C23H21N5O4S. The second-order valence-corrected chi connectivity index (χ2v) is 9.64. The van der Waals surface area contributed by atoms with Crippen LogP contribution in [0, 0.1) is 0 Å². The van der Waals surface area contributed by atoms with Gasteiger partial charge in [0.1, 0.15) is 16.1 Å². The van der Waals surface area contributed by atoms with Gasteiger partial charge in [0.25, 0.3) is 11.5 Å². The van der Waals surface area contributed by atoms with Gasteiger partial charge in [-0.15, -0.1) is 0 Å². The maximum absolute atomic E-state index is 13.2. The van der Waals surface area contributed by atoms with Gasteiger partial charge in [-0.2, -0.15) is 4.31 Å². The molecule has 0 saturated carbocycles. The Hall–Kier alpha value is -3.76. The van der Waals surface area contributed by atoms with Gasteiger partial charge in [0.15, 0.2) is 0 Å². The van der Waals surface area contributed by atoms with Crippen molar-refractivity contribution < 1.29 is 13.2 Å². The van der Waals surface area contributed by atoms with Crippen LogP contribution in [-0.2, 0) is 10.0 Å². The Labute approximate surface area is 189 Å². The Morgan fingerprint density at radius 3 is 2.42 bits per heavy atom. The summed E-state index contributed by atoms with van der Waals surface area (Å²) in [5.41, 5.74) is 1.54. The van der Waals surface area contributed by atoms with E-state index in [1.165, 1.54) is 21.5 Å². The molecule has 33 heavy (non-hydrogen) atoms. The van der Waals surface area contributed by atoms with Crippen LogP contribution < -0.4 is 5.56 Å². The fourth-order valence-electron chi connectivity index (χ4n) is 4.01. The number of carbonyl (C=O) groups is 1. The predicted molar refractivity (Wildman–Crippen MR) is 123 cm³/mol. The minimum absolute atomic E-state index is 0.0358. The number of hydrogen-bond donors (Lipinski definition) is 2. The molecule has 10 heteroatoms. The first kappa shape index (κ1) is 21.1. The summed E-state index contributed by atoms with van der Waals surface area (Å²) in [5.74, 6) is -0.413. The summed E-state index contributed by atoms with van der Waals surface area (Å²) in [6.07, 6.45) is 3.03. The highest BCUT2D eigenvalue weighted by Gasteiger charge is 2.32. The molecule has 1 aliphatic rings. The van der Waals surface area contributed by atoms with E-state index in [0.29, 0.717) is 16.7 Å². The number of pyridine rings is 2. The van der Waals surface area contributed by atoms with Crippen LogP contribution in [0.25, 0.3) is 22.3 Å². The van der Waals surface area contributed by atoms with Gasteiger partial charge >= 0.3 is 0 Å². The molecule has 2 N–H and O–H groups in total. The number of sulfonamides is 1. The van der Waals surface area contributed by atoms with E-state index in [1.54, 1.807) is 24.4 Å². The number of nitrogens with zero attached hydrogens (tertiary/aromatic N) is 3. The maximum atomic E-state index is 13.2. The number of nitrogens with one attached hydrogen (secondary N) is 2. The monoisotopic (exact) mass is 463 g/mol. The molecule has 0 bridgehead atoms. The number of fused-ring (bicyclic) bond motifs is 1. The average molecular weight is 464 g/mol. The van der Waals surface area contributed by atoms with Crippen LogP contribution in [0.3, 0.4) is 0 Å². The van der Waals surface area contributed by atoms with Gasteiger partial charge in [0.2, 0.25) is 10.0 Å². The van der Waals surface area contributed by atoms with E-state index in [-0.39, 0.29) is 36.6 Å². The van der Waals surface area contributed by atoms with Gasteiger partial charge < -0.3 is 14.9 Å². The molecule has 1 saturated heterocycles. The molecule has 0 spiro atoms. The van der Waals surface area contributed by atoms with Gasteiger partial charge in [-0.3, -0.25) is 9.59 Å². The van der Waals surface area contributed by atoms with Crippen LogP contribution in [0.2, 0.25) is 0 Å². The van der Waals surface area contributed by atoms with Crippen molar-refractivity contribution in [1.29, 1.82) is 0 Å². The van der Waals surface area contributed by atoms with E-state index in [1.807, 2.05) is 30.3 Å². The number of rotatable bonds is 4. The van der Waals surface area contributed by atoms with Gasteiger partial charge in [-0.25, -0.2) is 13.4 Å². The predicted octanol–water partition coefficient (Wildman–Crippen LogP) is 2.06. The number of hydrogen-bond acceptors (Lipinski definition) is 5. The van der Waals surface area contributed by atoms with Crippen LogP contribution in [0.4, 0.5) is 0 Å². The van der Waals surface area contributed by atoms with Gasteiger partial charge in [-0.1, -0.05) is 30.3 Å². The zero-order valence-corrected chi connectivity index (χ0v) is 18.4. The number of H-pyrrole nitrogens is 2. The Morgan fingerprint density at radius 2 is 1.70 bits per heavy atom. The largest absolute Gasteiger partial charge is 0.345 e. The first-order valence-electron chi connectivity index (χ1n) is 10.5. The van der Waals surface area contributed by atoms with Crippen molar-refractivity contribution in [2.75, 3.05) is 26.2 Å². The first-order valence-corrected chi connectivity index (χ1v) is 11.9. The molecule has 0 unspecified atom stereocenters. The molecule has 4 heterocycles. The van der Waals surface area contributed by atoms with Gasteiger partial charge in [0.05, 0.1) is 0 Å². The third-order valence-corrected chi connectivity index (χ3v) is 7.72. The molecule has 1 fully saturated rings. The number of amides is 1. The molecule has 5 rings (SSSR count). The minimum Gasteiger partial charge on any atom is -0.345 e. The number of carbonyl (C=O) groups excluding carboxylic acids is 1. The number of piperazine rings is 1. The van der Waals surface area contributed by atoms with Gasteiger partial charge in [-0.05, 0) is 29.8 Å². The molecule has 0 radical (unpaired) electrons. The van der Waals surface area contributed by atoms with E-state index in [2.05, 4.69) is 15.0 Å². The van der Waals surface area contributed by atoms with Crippen molar-refractivity contribution >= 4 is 27.0 Å². The van der Waals surface area contributed by atoms with E-state index in [0.717, 1.165) is 5.56 Å². The summed E-state index contributed by atoms with van der Waals surface area (Å²) in [5, 5.41) is 0.529. The fourth-order valence-corrected chi connectivity index (χ4v) is 5.59. The molecule has 9 nitrogen and oxygen atoms in total. The lowest BCUT2D eigenvalue weighted by Gasteiger charge is -2.33. The molecular weight excluding hydrogens is 442 g/mol. The molecule has 1 aliphatic heterocycles. The highest BCUT2D eigenvalue weighted by Crippen LogP contribution is 2.25. The van der Waals surface area contributed by atoms with Crippen LogP contribution in [0.5, 0.6) is 0 Å². The smallest absolute Gasteiger partial charge is 0.261 e. The van der Waals surface area contributed by atoms with Crippen LogP contribution in [0.15, 0.2) is 76.7 Å². The second-order valence-electron chi connectivity index (χ2n) is 7.73. The maximum Gasteiger partial charge on any atom is 0.261 e. The molecule has 1 aromatic carbocycles. The fraction of sp³-hybridized carbons (Fsp3) is 0.174. The highest BCUT2D eigenvalue weighted by molar-refractivity contribution is 7.89. The molecule has 4 aromatic rings. The molecule has 168 valence electrons. The number of aromatic nitrogens is 3. The highest BCUT2D eigenvalue weighted by atomic mass is 32.2. The van der Waals surface area contributed by atoms with Crippen molar-refractivity contribution in [2.45, 2.75) is 4.90 Å². The number of aromatic amines is 2. The summed E-state index contributed by atoms with van der Waals surface area (Å²) >= 11 is 0. The Balaban J connectivity index is 1.31. The summed E-state index contributed by atoms with van der Waals surface area (Å²) in [7, 11) is -3.75. The summed E-state index contributed by atoms with van der Waals surface area (Å²) in [6.45, 7) is 0.666. The summed E-state index contributed by atoms with van der Waals surface area (Å²) < 4.78 is 27.7. The van der Waals surface area contributed by atoms with Crippen molar-refractivity contribution in [2.24, 2.45) is 0 Å². The molecule has 0 atom stereocenters. The lowest BCUT2D eigenvalue weighted by atomic mass is 10.1. The first-order chi connectivity index (χ1) is 15.9. The zero-order chi connectivity index (χ0) is 23.0. The normalized spacial score (nSPS) is 15.1. The lowest BCUT2D eigenvalue weighted by Crippen LogP contribution is -2.51. The summed E-state index contributed by atoms with van der Waals surface area (Å²) in [6, 6.07) is 16.0. The van der Waals surface area contributed by atoms with E-state index in [4.69, 9.17) is 0 Å². The third kappa shape index (κ3) is 3.83. The van der Waals surface area contributed by atoms with E-state index < -0.39 is 21.5 Å². The Bertz CT molecular complexity index is 1490. The van der Waals surface area contributed by atoms with Crippen molar-refractivity contribution in [3.63, 3.8) is 0 Å². The topological polar surface area (TPSA) is 119 Å². The average Bonchev–Trinajstić information content (AvgIpc) is 3.29. The van der Waals surface area contributed by atoms with E-state index in [9.17, 15) is 18.0 Å². The van der Waals surface area contributed by atoms with Crippen molar-refractivity contribution in [1.82, 2.24) is 24.2 Å². The third-order valence-electron chi connectivity index (χ3n) is 5.78. The Kier molecular flexibility index (Phi) is 5.31. The SMILES string of the molecule is O=C(c1ccc(-c2ccccc2)[nH]c1=O)N1CCN(S(=O)(=O)c2c[nH]c3ncccc23)CC1. The van der Waals surface area contributed by atoms with Crippen LogP contribution >= 0.6 is 0 Å². The molecule has 3 aromatic heterocycles. The lowest BCUT2D eigenvalue weighted by molar-refractivity contribution is 0.0696. The van der Waals surface area contributed by atoms with Crippen LogP contribution in [-0.4, -0.2) is 64.7 Å². The summed E-state index contributed by atoms with van der Waals surface area (Å²) in [4.78, 5) is 37.0. The number of benzene rings is 1. The quantitative estimate of drug-likeness (QED) is 0.480. The van der Waals surface area contributed by atoms with Gasteiger partial charge in [0, 0.05) is 49.7 Å². The Morgan fingerprint density at radius 1 is 0.939 bits per heavy atom. The second kappa shape index (κ2) is 8.30. The minimum atomic E-state index is -3.75. The van der Waals surface area contributed by atoms with Crippen LogP contribution in [0.1, 0.15) is 10.4 Å². The molecule has 1 amide bonds.